The molecule has 0 heterocycles. The van der Waals surface area contributed by atoms with Crippen molar-refractivity contribution >= 4 is 12.6 Å². The highest BCUT2D eigenvalue weighted by molar-refractivity contribution is 6.58. The Morgan fingerprint density at radius 3 is 2.55 bits per heavy atom. The third-order valence-corrected chi connectivity index (χ3v) is 3.31. The van der Waals surface area contributed by atoms with Crippen LogP contribution in [-0.2, 0) is 6.61 Å². The highest BCUT2D eigenvalue weighted by atomic mass is 19.1. The molecule has 0 aromatic heterocycles. The summed E-state index contributed by atoms with van der Waals surface area (Å²) in [5.41, 5.74) is 2.63. The van der Waals surface area contributed by atoms with Gasteiger partial charge in [-0.2, -0.15) is 0 Å². The van der Waals surface area contributed by atoms with E-state index in [1.807, 2.05) is 32.0 Å². The van der Waals surface area contributed by atoms with Crippen molar-refractivity contribution in [3.8, 4) is 5.75 Å². The molecule has 2 N–H and O–H groups in total. The average Bonchev–Trinajstić information content (AvgIpc) is 2.41. The van der Waals surface area contributed by atoms with Crippen LogP contribution in [0.25, 0.3) is 0 Å². The van der Waals surface area contributed by atoms with Crippen molar-refractivity contribution in [1.82, 2.24) is 0 Å². The standard InChI is InChI=1S/C15H16BFO3/c1-10-4-3-5-15(11(10)2)20-9-12-6-7-13(16(18)19)8-14(12)17/h3-8,18-19H,9H2,1-2H3. The molecule has 0 fully saturated rings. The van der Waals surface area contributed by atoms with Crippen LogP contribution in [0.5, 0.6) is 5.75 Å². The molecule has 0 aliphatic rings. The van der Waals surface area contributed by atoms with E-state index in [1.54, 1.807) is 0 Å². The summed E-state index contributed by atoms with van der Waals surface area (Å²) in [6, 6.07) is 9.78. The summed E-state index contributed by atoms with van der Waals surface area (Å²) in [4.78, 5) is 0. The van der Waals surface area contributed by atoms with Crippen molar-refractivity contribution in [3.05, 3.63) is 58.9 Å². The van der Waals surface area contributed by atoms with E-state index in [4.69, 9.17) is 14.8 Å². The average molecular weight is 274 g/mol. The lowest BCUT2D eigenvalue weighted by atomic mass is 9.80. The summed E-state index contributed by atoms with van der Waals surface area (Å²) in [5, 5.41) is 17.9. The Bertz CT molecular complexity index is 614. The highest BCUT2D eigenvalue weighted by Gasteiger charge is 2.14. The molecule has 0 aliphatic carbocycles. The molecule has 0 atom stereocenters. The molecule has 0 saturated carbocycles. The molecule has 20 heavy (non-hydrogen) atoms. The predicted octanol–water partition coefficient (Wildman–Crippen LogP) is 1.70. The second kappa shape index (κ2) is 6.07. The van der Waals surface area contributed by atoms with Crippen LogP contribution in [0.3, 0.4) is 0 Å². The number of benzene rings is 2. The Labute approximate surface area is 117 Å². The molecule has 0 saturated heterocycles. The van der Waals surface area contributed by atoms with Crippen molar-refractivity contribution in [2.45, 2.75) is 20.5 Å². The Kier molecular flexibility index (Phi) is 4.42. The number of hydrogen-bond acceptors (Lipinski definition) is 3. The second-order valence-corrected chi connectivity index (χ2v) is 4.71. The van der Waals surface area contributed by atoms with E-state index >= 15 is 0 Å². The third-order valence-electron chi connectivity index (χ3n) is 3.31. The molecule has 2 rings (SSSR count). The SMILES string of the molecule is Cc1cccc(OCc2ccc(B(O)O)cc2F)c1C. The zero-order chi connectivity index (χ0) is 14.7. The molecule has 0 radical (unpaired) electrons. The molecule has 0 spiro atoms. The number of aryl methyl sites for hydroxylation is 1. The van der Waals surface area contributed by atoms with Gasteiger partial charge in [0.05, 0.1) is 0 Å². The molecule has 0 aliphatic heterocycles. The fraction of sp³-hybridized carbons (Fsp3) is 0.200. The molecule has 0 bridgehead atoms. The van der Waals surface area contributed by atoms with E-state index in [2.05, 4.69) is 0 Å². The number of ether oxygens (including phenoxy) is 1. The quantitative estimate of drug-likeness (QED) is 0.834. The maximum atomic E-state index is 13.8. The van der Waals surface area contributed by atoms with E-state index < -0.39 is 12.9 Å². The topological polar surface area (TPSA) is 49.7 Å². The van der Waals surface area contributed by atoms with Crippen LogP contribution in [0.4, 0.5) is 4.39 Å². The number of halogens is 1. The van der Waals surface area contributed by atoms with E-state index in [-0.39, 0.29) is 12.1 Å². The minimum Gasteiger partial charge on any atom is -0.489 e. The van der Waals surface area contributed by atoms with Gasteiger partial charge in [-0.3, -0.25) is 0 Å². The molecule has 2 aromatic carbocycles. The predicted molar refractivity (Wildman–Crippen MR) is 76.5 cm³/mol. The van der Waals surface area contributed by atoms with E-state index in [0.29, 0.717) is 5.56 Å². The summed E-state index contributed by atoms with van der Waals surface area (Å²) in [6.45, 7) is 4.03. The maximum Gasteiger partial charge on any atom is 0.488 e. The highest BCUT2D eigenvalue weighted by Crippen LogP contribution is 2.22. The Balaban J connectivity index is 2.13. The largest absolute Gasteiger partial charge is 0.489 e. The molecular weight excluding hydrogens is 258 g/mol. The monoisotopic (exact) mass is 274 g/mol. The fourth-order valence-corrected chi connectivity index (χ4v) is 1.88. The maximum absolute atomic E-state index is 13.8. The smallest absolute Gasteiger partial charge is 0.488 e. The van der Waals surface area contributed by atoms with Gasteiger partial charge < -0.3 is 14.8 Å². The van der Waals surface area contributed by atoms with Crippen molar-refractivity contribution < 1.29 is 19.2 Å². The first-order valence-electron chi connectivity index (χ1n) is 6.32. The lowest BCUT2D eigenvalue weighted by Crippen LogP contribution is -2.30. The van der Waals surface area contributed by atoms with E-state index in [9.17, 15) is 4.39 Å². The van der Waals surface area contributed by atoms with Gasteiger partial charge in [-0.05, 0) is 42.6 Å². The van der Waals surface area contributed by atoms with Crippen molar-refractivity contribution in [2.75, 3.05) is 0 Å². The van der Waals surface area contributed by atoms with Crippen molar-refractivity contribution in [3.63, 3.8) is 0 Å². The molecule has 0 amide bonds. The van der Waals surface area contributed by atoms with Gasteiger partial charge in [-0.25, -0.2) is 4.39 Å². The summed E-state index contributed by atoms with van der Waals surface area (Å²) >= 11 is 0. The third kappa shape index (κ3) is 3.18. The first-order chi connectivity index (χ1) is 9.49. The van der Waals surface area contributed by atoms with Gasteiger partial charge in [0.1, 0.15) is 18.2 Å². The van der Waals surface area contributed by atoms with Crippen molar-refractivity contribution in [1.29, 1.82) is 0 Å². The summed E-state index contributed by atoms with van der Waals surface area (Å²) < 4.78 is 19.4. The van der Waals surface area contributed by atoms with Gasteiger partial charge in [-0.1, -0.05) is 24.3 Å². The van der Waals surface area contributed by atoms with Crippen molar-refractivity contribution in [2.24, 2.45) is 0 Å². The normalized spacial score (nSPS) is 10.4. The zero-order valence-electron chi connectivity index (χ0n) is 11.4. The molecule has 2 aromatic rings. The lowest BCUT2D eigenvalue weighted by Gasteiger charge is -2.12. The summed E-state index contributed by atoms with van der Waals surface area (Å²) in [5.74, 6) is 0.205. The van der Waals surface area contributed by atoms with Gasteiger partial charge in [-0.15, -0.1) is 0 Å². The first kappa shape index (κ1) is 14.6. The Morgan fingerprint density at radius 2 is 1.90 bits per heavy atom. The van der Waals surface area contributed by atoms with Gasteiger partial charge in [0, 0.05) is 5.56 Å². The minimum absolute atomic E-state index is 0.0952. The van der Waals surface area contributed by atoms with Crippen LogP contribution in [0.15, 0.2) is 36.4 Å². The van der Waals surface area contributed by atoms with Gasteiger partial charge >= 0.3 is 7.12 Å². The van der Waals surface area contributed by atoms with Crippen LogP contribution in [0.2, 0.25) is 0 Å². The Hall–Kier alpha value is -1.85. The second-order valence-electron chi connectivity index (χ2n) is 4.71. The molecular formula is C15H16BFO3. The zero-order valence-corrected chi connectivity index (χ0v) is 11.4. The Morgan fingerprint density at radius 1 is 1.15 bits per heavy atom. The first-order valence-corrected chi connectivity index (χ1v) is 6.32. The fourth-order valence-electron chi connectivity index (χ4n) is 1.88. The molecule has 3 nitrogen and oxygen atoms in total. The lowest BCUT2D eigenvalue weighted by molar-refractivity contribution is 0.297. The van der Waals surface area contributed by atoms with Crippen LogP contribution in [0, 0.1) is 19.7 Å². The van der Waals surface area contributed by atoms with E-state index in [1.165, 1.54) is 12.1 Å². The van der Waals surface area contributed by atoms with Crippen LogP contribution < -0.4 is 10.2 Å². The van der Waals surface area contributed by atoms with E-state index in [0.717, 1.165) is 22.9 Å². The number of hydrogen-bond donors (Lipinski definition) is 2. The molecule has 0 unspecified atom stereocenters. The van der Waals surface area contributed by atoms with Gasteiger partial charge in [0.2, 0.25) is 0 Å². The minimum atomic E-state index is -1.67. The van der Waals surface area contributed by atoms with Gasteiger partial charge in [0.15, 0.2) is 0 Å². The molecule has 5 heteroatoms. The summed E-state index contributed by atoms with van der Waals surface area (Å²) in [7, 11) is -1.67. The van der Waals surface area contributed by atoms with Crippen LogP contribution in [-0.4, -0.2) is 17.2 Å². The van der Waals surface area contributed by atoms with Crippen LogP contribution >= 0.6 is 0 Å². The molecule has 104 valence electrons. The van der Waals surface area contributed by atoms with Crippen LogP contribution in [0.1, 0.15) is 16.7 Å². The summed E-state index contributed by atoms with van der Waals surface area (Å²) in [6.07, 6.45) is 0. The van der Waals surface area contributed by atoms with Gasteiger partial charge in [0.25, 0.3) is 0 Å². The number of rotatable bonds is 4.